The van der Waals surface area contributed by atoms with Crippen molar-refractivity contribution >= 4 is 38.3 Å². The van der Waals surface area contributed by atoms with E-state index < -0.39 is 15.8 Å². The van der Waals surface area contributed by atoms with Crippen LogP contribution in [0.25, 0.3) is 10.9 Å². The number of aliphatic carboxylic acids is 1. The molecule has 3 heterocycles. The number of carboxylic acids is 1. The number of sulfone groups is 1. The summed E-state index contributed by atoms with van der Waals surface area (Å²) in [5, 5.41) is 11.2. The van der Waals surface area contributed by atoms with Crippen LogP contribution in [-0.2, 0) is 40.4 Å². The first-order valence-electron chi connectivity index (χ1n) is 9.70. The van der Waals surface area contributed by atoms with E-state index in [4.69, 9.17) is 11.6 Å². The molecule has 1 aromatic heterocycles. The lowest BCUT2D eigenvalue weighted by Crippen LogP contribution is -2.26. The van der Waals surface area contributed by atoms with Crippen molar-refractivity contribution in [3.63, 3.8) is 0 Å². The minimum Gasteiger partial charge on any atom is -0.481 e. The van der Waals surface area contributed by atoms with Crippen molar-refractivity contribution < 1.29 is 18.3 Å². The molecule has 1 unspecified atom stereocenters. The minimum atomic E-state index is -3.13. The van der Waals surface area contributed by atoms with Crippen LogP contribution in [0.1, 0.15) is 28.8 Å². The molecule has 0 amide bonds. The molecule has 0 saturated carbocycles. The Labute approximate surface area is 173 Å². The Morgan fingerprint density at radius 2 is 2.00 bits per heavy atom. The minimum absolute atomic E-state index is 0.183. The molecule has 5 rings (SSSR count). The predicted octanol–water partition coefficient (Wildman–Crippen LogP) is 3.86. The molecule has 0 spiro atoms. The highest BCUT2D eigenvalue weighted by molar-refractivity contribution is 7.91. The summed E-state index contributed by atoms with van der Waals surface area (Å²) in [6.45, 7) is 0.464. The summed E-state index contributed by atoms with van der Waals surface area (Å²) in [6.07, 6.45) is 2.56. The number of aryl methyl sites for hydroxylation is 1. The lowest BCUT2D eigenvalue weighted by atomic mass is 9.94. The highest BCUT2D eigenvalue weighted by Gasteiger charge is 2.29. The second-order valence-corrected chi connectivity index (χ2v) is 10.5. The number of carboxylic acid groups (broad SMARTS) is 1. The monoisotopic (exact) mass is 429 g/mol. The SMILES string of the molecule is O=C(O)C1CCc2c(Cc3ccc4c(c3)CCS4(=O)=O)c3cc(Cl)ccc3n2C1. The summed E-state index contributed by atoms with van der Waals surface area (Å²) in [4.78, 5) is 12.0. The largest absolute Gasteiger partial charge is 0.481 e. The van der Waals surface area contributed by atoms with Crippen molar-refractivity contribution in [2.24, 2.45) is 5.92 Å². The van der Waals surface area contributed by atoms with Gasteiger partial charge in [0.05, 0.1) is 16.6 Å². The average Bonchev–Trinajstić information content (AvgIpc) is 3.15. The van der Waals surface area contributed by atoms with Crippen LogP contribution in [0.3, 0.4) is 0 Å². The van der Waals surface area contributed by atoms with E-state index in [0.29, 0.717) is 42.1 Å². The quantitative estimate of drug-likeness (QED) is 0.685. The first kappa shape index (κ1) is 18.7. The first-order valence-corrected chi connectivity index (χ1v) is 11.7. The third kappa shape index (κ3) is 3.06. The van der Waals surface area contributed by atoms with Crippen LogP contribution in [-0.4, -0.2) is 29.8 Å². The van der Waals surface area contributed by atoms with Crippen LogP contribution in [0.15, 0.2) is 41.3 Å². The highest BCUT2D eigenvalue weighted by Crippen LogP contribution is 2.36. The number of carbonyl (C=O) groups is 1. The topological polar surface area (TPSA) is 76.4 Å². The zero-order chi connectivity index (χ0) is 20.3. The molecule has 5 nitrogen and oxygen atoms in total. The molecule has 0 fully saturated rings. The van der Waals surface area contributed by atoms with Gasteiger partial charge in [0.1, 0.15) is 0 Å². The predicted molar refractivity (Wildman–Crippen MR) is 111 cm³/mol. The van der Waals surface area contributed by atoms with Gasteiger partial charge < -0.3 is 9.67 Å². The fourth-order valence-corrected chi connectivity index (χ4v) is 6.48. The zero-order valence-corrected chi connectivity index (χ0v) is 17.3. The standard InChI is InChI=1S/C22H20ClNO4S/c23-16-3-5-20-18(11-16)17(19-4-2-15(22(25)26)12-24(19)20)10-13-1-6-21-14(9-13)7-8-29(21,27)28/h1,3,5-6,9,11,15H,2,4,7-8,10,12H2,(H,25,26). The summed E-state index contributed by atoms with van der Waals surface area (Å²) in [6, 6.07) is 11.4. The van der Waals surface area contributed by atoms with Crippen LogP contribution in [0.2, 0.25) is 5.02 Å². The molecule has 0 saturated heterocycles. The third-order valence-electron chi connectivity index (χ3n) is 6.21. The number of benzene rings is 2. The summed E-state index contributed by atoms with van der Waals surface area (Å²) in [5.74, 6) is -0.956. The fraction of sp³-hybridized carbons (Fsp3) is 0.318. The zero-order valence-electron chi connectivity index (χ0n) is 15.7. The van der Waals surface area contributed by atoms with Crippen molar-refractivity contribution in [1.29, 1.82) is 0 Å². The van der Waals surface area contributed by atoms with Gasteiger partial charge >= 0.3 is 5.97 Å². The lowest BCUT2D eigenvalue weighted by molar-refractivity contribution is -0.142. The average molecular weight is 430 g/mol. The molecule has 1 N–H and O–H groups in total. The second-order valence-electron chi connectivity index (χ2n) is 7.96. The number of aromatic nitrogens is 1. The van der Waals surface area contributed by atoms with Gasteiger partial charge in [0.25, 0.3) is 0 Å². The van der Waals surface area contributed by atoms with Gasteiger partial charge in [0.15, 0.2) is 9.84 Å². The van der Waals surface area contributed by atoms with Crippen molar-refractivity contribution in [3.8, 4) is 0 Å². The fourth-order valence-electron chi connectivity index (χ4n) is 4.76. The first-order chi connectivity index (χ1) is 13.8. The lowest BCUT2D eigenvalue weighted by Gasteiger charge is -2.23. The van der Waals surface area contributed by atoms with Gasteiger partial charge in [-0.1, -0.05) is 23.7 Å². The Hall–Kier alpha value is -2.31. The van der Waals surface area contributed by atoms with E-state index in [0.717, 1.165) is 33.3 Å². The smallest absolute Gasteiger partial charge is 0.308 e. The summed E-state index contributed by atoms with van der Waals surface area (Å²) >= 11 is 6.27. The van der Waals surface area contributed by atoms with E-state index in [1.807, 2.05) is 30.3 Å². The molecule has 2 aliphatic heterocycles. The van der Waals surface area contributed by atoms with E-state index in [-0.39, 0.29) is 11.7 Å². The van der Waals surface area contributed by atoms with E-state index in [1.165, 1.54) is 0 Å². The van der Waals surface area contributed by atoms with E-state index >= 15 is 0 Å². The Morgan fingerprint density at radius 3 is 2.79 bits per heavy atom. The Balaban J connectivity index is 1.61. The molecular formula is C22H20ClNO4S. The normalized spacial score (nSPS) is 19.8. The van der Waals surface area contributed by atoms with E-state index in [9.17, 15) is 18.3 Å². The molecule has 2 aromatic carbocycles. The Morgan fingerprint density at radius 1 is 1.17 bits per heavy atom. The number of nitrogens with zero attached hydrogens (tertiary/aromatic N) is 1. The van der Waals surface area contributed by atoms with Crippen LogP contribution in [0.5, 0.6) is 0 Å². The van der Waals surface area contributed by atoms with E-state index in [1.54, 1.807) is 6.07 Å². The highest BCUT2D eigenvalue weighted by atomic mass is 35.5. The Bertz CT molecular complexity index is 1280. The molecule has 150 valence electrons. The summed E-state index contributed by atoms with van der Waals surface area (Å²) < 4.78 is 26.3. The summed E-state index contributed by atoms with van der Waals surface area (Å²) in [5.41, 5.74) is 5.29. The third-order valence-corrected chi connectivity index (χ3v) is 8.26. The maximum Gasteiger partial charge on any atom is 0.308 e. The van der Waals surface area contributed by atoms with E-state index in [2.05, 4.69) is 4.57 Å². The maximum absolute atomic E-state index is 12.1. The second kappa shape index (κ2) is 6.61. The van der Waals surface area contributed by atoms with Gasteiger partial charge in [0.2, 0.25) is 0 Å². The van der Waals surface area contributed by atoms with Crippen LogP contribution < -0.4 is 0 Å². The molecule has 2 aliphatic rings. The number of rotatable bonds is 3. The van der Waals surface area contributed by atoms with Crippen LogP contribution in [0.4, 0.5) is 0 Å². The van der Waals surface area contributed by atoms with Gasteiger partial charge in [0, 0.05) is 28.2 Å². The number of halogens is 1. The summed E-state index contributed by atoms with van der Waals surface area (Å²) in [7, 11) is -3.13. The molecule has 0 radical (unpaired) electrons. The Kier molecular flexibility index (Phi) is 4.26. The van der Waals surface area contributed by atoms with Crippen LogP contribution >= 0.6 is 11.6 Å². The van der Waals surface area contributed by atoms with Crippen molar-refractivity contribution in [2.45, 2.75) is 37.1 Å². The van der Waals surface area contributed by atoms with Gasteiger partial charge in [-0.05, 0) is 66.6 Å². The van der Waals surface area contributed by atoms with Gasteiger partial charge in [-0.15, -0.1) is 0 Å². The molecule has 7 heteroatoms. The van der Waals surface area contributed by atoms with Gasteiger partial charge in [-0.25, -0.2) is 8.42 Å². The number of hydrogen-bond acceptors (Lipinski definition) is 3. The van der Waals surface area contributed by atoms with Crippen LogP contribution in [0, 0.1) is 5.92 Å². The van der Waals surface area contributed by atoms with Crippen molar-refractivity contribution in [3.05, 3.63) is 63.8 Å². The number of fused-ring (bicyclic) bond motifs is 4. The molecule has 1 atom stereocenters. The van der Waals surface area contributed by atoms with Gasteiger partial charge in [-0.2, -0.15) is 0 Å². The maximum atomic E-state index is 12.1. The van der Waals surface area contributed by atoms with Gasteiger partial charge in [-0.3, -0.25) is 4.79 Å². The molecule has 3 aromatic rings. The number of hydrogen-bond donors (Lipinski definition) is 1. The molecule has 0 bridgehead atoms. The van der Waals surface area contributed by atoms with Crippen molar-refractivity contribution in [1.82, 2.24) is 4.57 Å². The molecule has 0 aliphatic carbocycles. The van der Waals surface area contributed by atoms with Crippen molar-refractivity contribution in [2.75, 3.05) is 5.75 Å². The molecule has 29 heavy (non-hydrogen) atoms. The molecular weight excluding hydrogens is 410 g/mol.